The van der Waals surface area contributed by atoms with Crippen molar-refractivity contribution >= 4 is 16.9 Å². The summed E-state index contributed by atoms with van der Waals surface area (Å²) in [5, 5.41) is 3.44. The minimum absolute atomic E-state index is 0.0762. The van der Waals surface area contributed by atoms with Crippen molar-refractivity contribution in [1.29, 1.82) is 0 Å². The third-order valence-corrected chi connectivity index (χ3v) is 4.38. The third-order valence-electron chi connectivity index (χ3n) is 4.38. The lowest BCUT2D eigenvalue weighted by Crippen LogP contribution is -2.44. The highest BCUT2D eigenvalue weighted by Gasteiger charge is 2.25. The lowest BCUT2D eigenvalue weighted by Gasteiger charge is -2.30. The summed E-state index contributed by atoms with van der Waals surface area (Å²) in [5.41, 5.74) is 0.574. The van der Waals surface area contributed by atoms with Crippen LogP contribution in [-0.4, -0.2) is 47.3 Å². The minimum atomic E-state index is -0.337. The van der Waals surface area contributed by atoms with E-state index < -0.39 is 0 Å². The Hall–Kier alpha value is -2.41. The van der Waals surface area contributed by atoms with Gasteiger partial charge in [0.1, 0.15) is 5.82 Å². The number of methoxy groups -OCH3 is 1. The van der Waals surface area contributed by atoms with Crippen molar-refractivity contribution in [3.05, 3.63) is 40.4 Å². The second-order valence-corrected chi connectivity index (χ2v) is 6.09. The van der Waals surface area contributed by atoms with Crippen molar-refractivity contribution in [2.45, 2.75) is 39.8 Å². The number of carbonyl (C=O) groups is 1. The lowest BCUT2D eigenvalue weighted by molar-refractivity contribution is 0.151. The molecule has 2 aromatic rings. The fraction of sp³-hybridized carbons (Fsp3) is 0.526. The summed E-state index contributed by atoms with van der Waals surface area (Å²) < 4.78 is 6.76. The molecule has 26 heavy (non-hydrogen) atoms. The van der Waals surface area contributed by atoms with E-state index in [4.69, 9.17) is 9.72 Å². The van der Waals surface area contributed by atoms with Crippen molar-refractivity contribution in [3.63, 3.8) is 0 Å². The zero-order valence-electron chi connectivity index (χ0n) is 16.0. The number of urea groups is 1. The van der Waals surface area contributed by atoms with Crippen LogP contribution in [0.2, 0.25) is 0 Å². The summed E-state index contributed by atoms with van der Waals surface area (Å²) in [4.78, 5) is 31.8. The van der Waals surface area contributed by atoms with E-state index in [2.05, 4.69) is 5.32 Å². The molecule has 0 aliphatic carbocycles. The van der Waals surface area contributed by atoms with Crippen LogP contribution < -0.4 is 10.9 Å². The van der Waals surface area contributed by atoms with Crippen LogP contribution >= 0.6 is 0 Å². The lowest BCUT2D eigenvalue weighted by atomic mass is 10.2. The smallest absolute Gasteiger partial charge is 0.318 e. The van der Waals surface area contributed by atoms with Crippen molar-refractivity contribution in [2.24, 2.45) is 0 Å². The van der Waals surface area contributed by atoms with Gasteiger partial charge in [0.15, 0.2) is 0 Å². The molecule has 0 aliphatic rings. The van der Waals surface area contributed by atoms with Crippen LogP contribution in [0, 0.1) is 0 Å². The second kappa shape index (κ2) is 9.33. The standard InChI is InChI=1S/C19H28N4O3/c1-5-20-19(25)23(12-9-13-26-4)14(3)17-21-16-11-8-7-10-15(16)18(24)22(17)6-2/h7-8,10-11,14H,5-6,9,12-13H2,1-4H3,(H,20,25). The zero-order valence-corrected chi connectivity index (χ0v) is 16.0. The largest absolute Gasteiger partial charge is 0.385 e. The van der Waals surface area contributed by atoms with Crippen LogP contribution in [0.1, 0.15) is 39.1 Å². The van der Waals surface area contributed by atoms with Crippen LogP contribution in [0.4, 0.5) is 4.79 Å². The molecule has 142 valence electrons. The monoisotopic (exact) mass is 360 g/mol. The van der Waals surface area contributed by atoms with Crippen molar-refractivity contribution < 1.29 is 9.53 Å². The van der Waals surface area contributed by atoms with Gasteiger partial charge in [-0.3, -0.25) is 9.36 Å². The Labute approximate surface area is 154 Å². The Morgan fingerprint density at radius 3 is 2.73 bits per heavy atom. The number of ether oxygens (including phenoxy) is 1. The van der Waals surface area contributed by atoms with E-state index in [0.717, 1.165) is 0 Å². The predicted molar refractivity (Wildman–Crippen MR) is 102 cm³/mol. The maximum absolute atomic E-state index is 12.8. The van der Waals surface area contributed by atoms with E-state index in [9.17, 15) is 9.59 Å². The number of rotatable bonds is 8. The average Bonchev–Trinajstić information content (AvgIpc) is 2.65. The molecule has 7 nitrogen and oxygen atoms in total. The van der Waals surface area contributed by atoms with E-state index >= 15 is 0 Å². The first kappa shape index (κ1) is 19.9. The van der Waals surface area contributed by atoms with E-state index in [1.165, 1.54) is 0 Å². The van der Waals surface area contributed by atoms with Gasteiger partial charge in [-0.25, -0.2) is 9.78 Å². The molecule has 0 spiro atoms. The second-order valence-electron chi connectivity index (χ2n) is 6.09. The predicted octanol–water partition coefficient (Wildman–Crippen LogP) is 2.55. The molecule has 1 aromatic heterocycles. The number of nitrogens with zero attached hydrogens (tertiary/aromatic N) is 3. The Kier molecular flexibility index (Phi) is 7.15. The van der Waals surface area contributed by atoms with E-state index in [-0.39, 0.29) is 17.6 Å². The van der Waals surface area contributed by atoms with Crippen LogP contribution in [0.15, 0.2) is 29.1 Å². The van der Waals surface area contributed by atoms with Gasteiger partial charge in [0.25, 0.3) is 5.56 Å². The number of fused-ring (bicyclic) bond motifs is 1. The quantitative estimate of drug-likeness (QED) is 0.734. The summed E-state index contributed by atoms with van der Waals surface area (Å²) in [7, 11) is 1.64. The first-order valence-electron chi connectivity index (χ1n) is 9.08. The number of carbonyl (C=O) groups excluding carboxylic acids is 1. The van der Waals surface area contributed by atoms with Gasteiger partial charge < -0.3 is 15.0 Å². The molecule has 0 aliphatic heterocycles. The van der Waals surface area contributed by atoms with E-state index in [1.54, 1.807) is 22.6 Å². The Bertz CT molecular complexity index is 803. The van der Waals surface area contributed by atoms with Crippen LogP contribution in [-0.2, 0) is 11.3 Å². The summed E-state index contributed by atoms with van der Waals surface area (Å²) in [5.74, 6) is 0.597. The van der Waals surface area contributed by atoms with Crippen molar-refractivity contribution in [3.8, 4) is 0 Å². The van der Waals surface area contributed by atoms with Crippen LogP contribution in [0.5, 0.6) is 0 Å². The highest BCUT2D eigenvalue weighted by Crippen LogP contribution is 2.20. The van der Waals surface area contributed by atoms with Crippen LogP contribution in [0.3, 0.4) is 0 Å². The van der Waals surface area contributed by atoms with Gasteiger partial charge in [0.2, 0.25) is 0 Å². The van der Waals surface area contributed by atoms with E-state index in [1.807, 2.05) is 39.0 Å². The maximum atomic E-state index is 12.8. The van der Waals surface area contributed by atoms with Gasteiger partial charge in [-0.1, -0.05) is 12.1 Å². The summed E-state index contributed by atoms with van der Waals surface area (Å²) in [6.45, 7) is 7.82. The Balaban J connectivity index is 2.47. The molecule has 1 N–H and O–H groups in total. The molecular weight excluding hydrogens is 332 g/mol. The SMILES string of the molecule is CCNC(=O)N(CCCOC)C(C)c1nc2ccccc2c(=O)n1CC. The number of aromatic nitrogens is 2. The summed E-state index contributed by atoms with van der Waals surface area (Å²) >= 11 is 0. The zero-order chi connectivity index (χ0) is 19.1. The summed E-state index contributed by atoms with van der Waals surface area (Å²) in [6, 6.07) is 6.80. The van der Waals surface area contributed by atoms with Gasteiger partial charge in [0.05, 0.1) is 16.9 Å². The third kappa shape index (κ3) is 4.22. The fourth-order valence-electron chi connectivity index (χ4n) is 3.05. The normalized spacial score (nSPS) is 12.2. The highest BCUT2D eigenvalue weighted by molar-refractivity contribution is 5.78. The fourth-order valence-corrected chi connectivity index (χ4v) is 3.05. The first-order valence-corrected chi connectivity index (χ1v) is 9.08. The van der Waals surface area contributed by atoms with Gasteiger partial charge >= 0.3 is 6.03 Å². The minimum Gasteiger partial charge on any atom is -0.385 e. The molecule has 1 aromatic carbocycles. The molecule has 0 saturated carbocycles. The van der Waals surface area contributed by atoms with Gasteiger partial charge in [-0.2, -0.15) is 0 Å². The molecule has 0 saturated heterocycles. The number of hydrogen-bond acceptors (Lipinski definition) is 4. The topological polar surface area (TPSA) is 76.5 Å². The molecule has 0 bridgehead atoms. The van der Waals surface area contributed by atoms with Gasteiger partial charge in [0, 0.05) is 33.4 Å². The first-order chi connectivity index (χ1) is 12.5. The number of para-hydroxylation sites is 1. The molecule has 1 atom stereocenters. The van der Waals surface area contributed by atoms with Gasteiger partial charge in [-0.15, -0.1) is 0 Å². The molecule has 2 rings (SSSR count). The number of amides is 2. The van der Waals surface area contributed by atoms with E-state index in [0.29, 0.717) is 49.4 Å². The molecular formula is C19H28N4O3. The molecule has 0 radical (unpaired) electrons. The molecule has 1 heterocycles. The number of benzene rings is 1. The maximum Gasteiger partial charge on any atom is 0.318 e. The molecule has 0 fully saturated rings. The average molecular weight is 360 g/mol. The van der Waals surface area contributed by atoms with Crippen LogP contribution in [0.25, 0.3) is 10.9 Å². The molecule has 7 heteroatoms. The number of nitrogens with one attached hydrogen (secondary N) is 1. The summed E-state index contributed by atoms with van der Waals surface area (Å²) in [6.07, 6.45) is 0.710. The van der Waals surface area contributed by atoms with Gasteiger partial charge in [-0.05, 0) is 39.3 Å². The van der Waals surface area contributed by atoms with Crippen molar-refractivity contribution in [1.82, 2.24) is 19.8 Å². The Morgan fingerprint density at radius 2 is 2.08 bits per heavy atom. The molecule has 2 amide bonds. The highest BCUT2D eigenvalue weighted by atomic mass is 16.5. The van der Waals surface area contributed by atoms with Crippen molar-refractivity contribution in [2.75, 3.05) is 26.8 Å². The Morgan fingerprint density at radius 1 is 1.35 bits per heavy atom. The number of hydrogen-bond donors (Lipinski definition) is 1. The molecule has 1 unspecified atom stereocenters.